The summed E-state index contributed by atoms with van der Waals surface area (Å²) in [5, 5.41) is 6.29. The number of terminal acetylenes is 1. The van der Waals surface area contributed by atoms with Crippen LogP contribution in [-0.4, -0.2) is 31.8 Å². The molecule has 3 rings (SSSR count). The van der Waals surface area contributed by atoms with E-state index >= 15 is 0 Å². The first-order valence-electron chi connectivity index (χ1n) is 9.05. The van der Waals surface area contributed by atoms with E-state index in [1.165, 1.54) is 0 Å². The third-order valence-corrected chi connectivity index (χ3v) is 4.58. The topological polar surface area (TPSA) is 59.6 Å². The summed E-state index contributed by atoms with van der Waals surface area (Å²) in [6.07, 6.45) is 7.75. The van der Waals surface area contributed by atoms with Gasteiger partial charge in [0.05, 0.1) is 19.3 Å². The highest BCUT2D eigenvalue weighted by atomic mass is 16.5. The molecule has 1 amide bonds. The zero-order valence-corrected chi connectivity index (χ0v) is 15.4. The van der Waals surface area contributed by atoms with Gasteiger partial charge in [0, 0.05) is 24.4 Å². The van der Waals surface area contributed by atoms with Crippen molar-refractivity contribution >= 4 is 11.6 Å². The van der Waals surface area contributed by atoms with Crippen molar-refractivity contribution in [2.45, 2.75) is 31.5 Å². The Morgan fingerprint density at radius 2 is 2.15 bits per heavy atom. The summed E-state index contributed by atoms with van der Waals surface area (Å²) < 4.78 is 10.8. The molecule has 2 N–H and O–H groups in total. The number of hydrogen-bond donors (Lipinski definition) is 2. The summed E-state index contributed by atoms with van der Waals surface area (Å²) in [4.78, 5) is 12.4. The van der Waals surface area contributed by atoms with Crippen LogP contribution in [0.25, 0.3) is 0 Å². The second-order valence-corrected chi connectivity index (χ2v) is 6.46. The molecule has 140 valence electrons. The average Bonchev–Trinajstić information content (AvgIpc) is 3.23. The van der Waals surface area contributed by atoms with Crippen molar-refractivity contribution in [2.24, 2.45) is 0 Å². The van der Waals surface area contributed by atoms with Crippen LogP contribution in [-0.2, 0) is 11.3 Å². The van der Waals surface area contributed by atoms with E-state index in [1.807, 2.05) is 24.3 Å². The lowest BCUT2D eigenvalue weighted by molar-refractivity contribution is 0.0934. The lowest BCUT2D eigenvalue weighted by atomic mass is 10.1. The molecule has 1 aliphatic heterocycles. The van der Waals surface area contributed by atoms with Crippen molar-refractivity contribution in [3.8, 4) is 18.1 Å². The molecule has 1 fully saturated rings. The maximum Gasteiger partial charge on any atom is 0.255 e. The number of ether oxygens (including phenoxy) is 2. The molecule has 1 heterocycles. The second kappa shape index (κ2) is 9.22. The van der Waals surface area contributed by atoms with Gasteiger partial charge in [0.25, 0.3) is 5.91 Å². The molecule has 1 aliphatic rings. The number of rotatable bonds is 7. The summed E-state index contributed by atoms with van der Waals surface area (Å²) in [7, 11) is 1.60. The highest BCUT2D eigenvalue weighted by Gasteiger charge is 2.23. The van der Waals surface area contributed by atoms with Gasteiger partial charge in [0.2, 0.25) is 0 Å². The molecule has 0 radical (unpaired) electrons. The number of anilines is 1. The molecule has 0 aromatic heterocycles. The maximum absolute atomic E-state index is 12.4. The van der Waals surface area contributed by atoms with Gasteiger partial charge in [-0.2, -0.15) is 0 Å². The standard InChI is InChI=1S/C22H24N2O3/c1-3-20(21-8-5-13-27-21)23-15-16-6-4-7-18(14-16)24-22(25)17-9-11-19(26-2)12-10-17/h1,4,6-7,9-12,14,20-21,23H,5,8,13,15H2,2H3,(H,24,25)/t20-,21-/m0/s1. The number of benzene rings is 2. The monoisotopic (exact) mass is 364 g/mol. The Bertz CT molecular complexity index is 805. The molecular formula is C22H24N2O3. The van der Waals surface area contributed by atoms with Crippen molar-refractivity contribution in [2.75, 3.05) is 19.0 Å². The normalized spacial score (nSPS) is 17.1. The Labute approximate surface area is 160 Å². The zero-order valence-electron chi connectivity index (χ0n) is 15.4. The molecule has 2 aromatic rings. The quantitative estimate of drug-likeness (QED) is 0.741. The van der Waals surface area contributed by atoms with Crippen molar-refractivity contribution in [3.63, 3.8) is 0 Å². The summed E-state index contributed by atoms with van der Waals surface area (Å²) in [5.74, 6) is 3.33. The second-order valence-electron chi connectivity index (χ2n) is 6.46. The number of carbonyl (C=O) groups is 1. The number of hydrogen-bond acceptors (Lipinski definition) is 4. The van der Waals surface area contributed by atoms with Crippen LogP contribution in [0.2, 0.25) is 0 Å². The van der Waals surface area contributed by atoms with Crippen molar-refractivity contribution in [3.05, 3.63) is 59.7 Å². The van der Waals surface area contributed by atoms with E-state index in [1.54, 1.807) is 31.4 Å². The Hall–Kier alpha value is -2.81. The first-order valence-corrected chi connectivity index (χ1v) is 9.05. The summed E-state index contributed by atoms with van der Waals surface area (Å²) in [6.45, 7) is 1.39. The molecule has 0 aliphatic carbocycles. The van der Waals surface area contributed by atoms with Crippen LogP contribution in [0.3, 0.4) is 0 Å². The van der Waals surface area contributed by atoms with Crippen LogP contribution in [0.1, 0.15) is 28.8 Å². The fourth-order valence-electron chi connectivity index (χ4n) is 3.10. The van der Waals surface area contributed by atoms with Crippen molar-refractivity contribution in [1.29, 1.82) is 0 Å². The molecule has 0 saturated carbocycles. The smallest absolute Gasteiger partial charge is 0.255 e. The van der Waals surface area contributed by atoms with Crippen LogP contribution in [0.4, 0.5) is 5.69 Å². The Morgan fingerprint density at radius 3 is 2.81 bits per heavy atom. The maximum atomic E-state index is 12.4. The third-order valence-electron chi connectivity index (χ3n) is 4.58. The summed E-state index contributed by atoms with van der Waals surface area (Å²) in [6, 6.07) is 14.6. The predicted molar refractivity (Wildman–Crippen MR) is 106 cm³/mol. The van der Waals surface area contributed by atoms with Gasteiger partial charge in [-0.05, 0) is 54.8 Å². The van der Waals surface area contributed by atoms with Crippen molar-refractivity contribution in [1.82, 2.24) is 5.32 Å². The number of amides is 1. The van der Waals surface area contributed by atoms with Crippen LogP contribution >= 0.6 is 0 Å². The van der Waals surface area contributed by atoms with Gasteiger partial charge < -0.3 is 14.8 Å². The van der Waals surface area contributed by atoms with E-state index < -0.39 is 0 Å². The Morgan fingerprint density at radius 1 is 1.33 bits per heavy atom. The SMILES string of the molecule is C#C[C@H](NCc1cccc(NC(=O)c2ccc(OC)cc2)c1)[C@@H]1CCCO1. The minimum atomic E-state index is -0.163. The van der Waals surface area contributed by atoms with Gasteiger partial charge in [0.1, 0.15) is 5.75 Å². The molecule has 1 saturated heterocycles. The first-order chi connectivity index (χ1) is 13.2. The number of carbonyl (C=O) groups excluding carboxylic acids is 1. The fourth-order valence-corrected chi connectivity index (χ4v) is 3.10. The van der Waals surface area contributed by atoms with E-state index in [0.717, 1.165) is 30.7 Å². The highest BCUT2D eigenvalue weighted by Crippen LogP contribution is 2.17. The minimum Gasteiger partial charge on any atom is -0.497 e. The predicted octanol–water partition coefficient (Wildman–Crippen LogP) is 3.22. The average molecular weight is 364 g/mol. The minimum absolute atomic E-state index is 0.0768. The first kappa shape index (κ1) is 19.0. The van der Waals surface area contributed by atoms with E-state index in [0.29, 0.717) is 17.9 Å². The molecular weight excluding hydrogens is 340 g/mol. The lowest BCUT2D eigenvalue weighted by Gasteiger charge is -2.19. The largest absolute Gasteiger partial charge is 0.497 e. The Balaban J connectivity index is 1.59. The van der Waals surface area contributed by atoms with Crippen LogP contribution < -0.4 is 15.4 Å². The van der Waals surface area contributed by atoms with E-state index in [-0.39, 0.29) is 18.1 Å². The number of nitrogens with one attached hydrogen (secondary N) is 2. The van der Waals surface area contributed by atoms with Crippen molar-refractivity contribution < 1.29 is 14.3 Å². The van der Waals surface area contributed by atoms with Crippen LogP contribution in [0.15, 0.2) is 48.5 Å². The van der Waals surface area contributed by atoms with Gasteiger partial charge in [-0.15, -0.1) is 6.42 Å². The van der Waals surface area contributed by atoms with Gasteiger partial charge >= 0.3 is 0 Å². The molecule has 5 heteroatoms. The summed E-state index contributed by atoms with van der Waals surface area (Å²) >= 11 is 0. The molecule has 0 bridgehead atoms. The highest BCUT2D eigenvalue weighted by molar-refractivity contribution is 6.04. The zero-order chi connectivity index (χ0) is 19.1. The molecule has 2 atom stereocenters. The van der Waals surface area contributed by atoms with E-state index in [4.69, 9.17) is 15.9 Å². The van der Waals surface area contributed by atoms with E-state index in [9.17, 15) is 4.79 Å². The van der Waals surface area contributed by atoms with Gasteiger partial charge in [0.15, 0.2) is 0 Å². The molecule has 5 nitrogen and oxygen atoms in total. The van der Waals surface area contributed by atoms with Gasteiger partial charge in [-0.3, -0.25) is 10.1 Å². The van der Waals surface area contributed by atoms with Crippen LogP contribution in [0, 0.1) is 12.3 Å². The summed E-state index contributed by atoms with van der Waals surface area (Å²) in [5.41, 5.74) is 2.36. The van der Waals surface area contributed by atoms with Crippen LogP contribution in [0.5, 0.6) is 5.75 Å². The Kier molecular flexibility index (Phi) is 6.48. The van der Waals surface area contributed by atoms with E-state index in [2.05, 4.69) is 16.6 Å². The molecule has 0 unspecified atom stereocenters. The van der Waals surface area contributed by atoms with Gasteiger partial charge in [-0.1, -0.05) is 18.1 Å². The third kappa shape index (κ3) is 5.10. The number of methoxy groups -OCH3 is 1. The fraction of sp³-hybridized carbons (Fsp3) is 0.318. The molecule has 0 spiro atoms. The van der Waals surface area contributed by atoms with Gasteiger partial charge in [-0.25, -0.2) is 0 Å². The molecule has 27 heavy (non-hydrogen) atoms. The molecule has 2 aromatic carbocycles. The lowest BCUT2D eigenvalue weighted by Crippen LogP contribution is -2.37.